The van der Waals surface area contributed by atoms with Gasteiger partial charge in [-0.3, -0.25) is 15.0 Å². The van der Waals surface area contributed by atoms with Gasteiger partial charge in [0.05, 0.1) is 13.7 Å². The Morgan fingerprint density at radius 2 is 2.43 bits per heavy atom. The number of nitriles is 1. The van der Waals surface area contributed by atoms with Crippen LogP contribution in [0.1, 0.15) is 7.06 Å². The summed E-state index contributed by atoms with van der Waals surface area (Å²) in [5.74, 6) is 0. The summed E-state index contributed by atoms with van der Waals surface area (Å²) in [5, 5.41) is 49.3. The van der Waals surface area contributed by atoms with Gasteiger partial charge in [-0.05, 0) is 12.1 Å². The summed E-state index contributed by atoms with van der Waals surface area (Å²) in [4.78, 5) is 3.72. The molecule has 4 atom stereocenters. The number of fused-ring (bicyclic) bond motifs is 1. The lowest BCUT2D eigenvalue weighted by atomic mass is 9.92. The summed E-state index contributed by atoms with van der Waals surface area (Å²) in [6.45, 7) is -0.576. The van der Waals surface area contributed by atoms with Crippen LogP contribution >= 0.6 is 0 Å². The van der Waals surface area contributed by atoms with Gasteiger partial charge in [0.25, 0.3) is 0 Å². The molecule has 0 saturated carbocycles. The summed E-state index contributed by atoms with van der Waals surface area (Å²) < 4.78 is 14.5. The largest absolute Gasteiger partial charge is 0.394 e. The molecular weight excluding hydrogens is 278 g/mol. The SMILES string of the molecule is [2H]c1cc([C@]2(C#N)O[C@H](CO)[C@@H](O)[C@H]2O)n2[nH]cnc(=N)c12. The highest BCUT2D eigenvalue weighted by Crippen LogP contribution is 2.39. The van der Waals surface area contributed by atoms with Crippen molar-refractivity contribution in [1.82, 2.24) is 14.6 Å². The van der Waals surface area contributed by atoms with Gasteiger partial charge in [-0.25, -0.2) is 4.98 Å². The van der Waals surface area contributed by atoms with Crippen molar-refractivity contribution in [3.63, 3.8) is 0 Å². The molecule has 1 fully saturated rings. The fourth-order valence-corrected chi connectivity index (χ4v) is 2.51. The van der Waals surface area contributed by atoms with E-state index >= 15 is 0 Å². The number of rotatable bonds is 2. The first-order valence-electron chi connectivity index (χ1n) is 6.63. The molecule has 21 heavy (non-hydrogen) atoms. The minimum Gasteiger partial charge on any atom is -0.394 e. The summed E-state index contributed by atoms with van der Waals surface area (Å²) in [5.41, 5.74) is -2.01. The molecule has 1 saturated heterocycles. The highest BCUT2D eigenvalue weighted by atomic mass is 16.6. The van der Waals surface area contributed by atoms with Crippen molar-refractivity contribution in [2.24, 2.45) is 0 Å². The topological polar surface area (TPSA) is 151 Å². The monoisotopic (exact) mass is 292 g/mol. The number of nitrogens with zero attached hydrogens (tertiary/aromatic N) is 3. The normalized spacial score (nSPS) is 33.0. The van der Waals surface area contributed by atoms with Crippen LogP contribution in [0.4, 0.5) is 0 Å². The Hall–Kier alpha value is -2.25. The van der Waals surface area contributed by atoms with Crippen LogP contribution in [0.3, 0.4) is 0 Å². The molecule has 0 amide bonds. The molecule has 0 radical (unpaired) electrons. The van der Waals surface area contributed by atoms with Gasteiger partial charge in [0.15, 0.2) is 5.49 Å². The minimum absolute atomic E-state index is 0.0494. The van der Waals surface area contributed by atoms with Crippen LogP contribution in [-0.2, 0) is 10.3 Å². The molecule has 110 valence electrons. The summed E-state index contributed by atoms with van der Waals surface area (Å²) in [6.07, 6.45) is -3.01. The Balaban J connectivity index is 2.28. The zero-order valence-corrected chi connectivity index (χ0v) is 10.7. The number of aliphatic hydroxyl groups excluding tert-OH is 3. The van der Waals surface area contributed by atoms with E-state index in [1.807, 2.05) is 6.07 Å². The zero-order valence-electron chi connectivity index (χ0n) is 11.7. The molecule has 0 bridgehead atoms. The van der Waals surface area contributed by atoms with E-state index in [1.54, 1.807) is 0 Å². The Morgan fingerprint density at radius 3 is 3.05 bits per heavy atom. The molecule has 0 spiro atoms. The molecule has 0 aliphatic carbocycles. The number of aliphatic hydroxyl groups is 3. The second-order valence-electron chi connectivity index (χ2n) is 4.72. The lowest BCUT2D eigenvalue weighted by molar-refractivity contribution is -0.0643. The molecule has 9 nitrogen and oxygen atoms in total. The van der Waals surface area contributed by atoms with Crippen molar-refractivity contribution in [3.05, 3.63) is 29.6 Å². The molecular formula is C12H13N5O4. The van der Waals surface area contributed by atoms with Gasteiger partial charge >= 0.3 is 0 Å². The maximum absolute atomic E-state index is 10.2. The Kier molecular flexibility index (Phi) is 2.76. The zero-order chi connectivity index (χ0) is 16.1. The van der Waals surface area contributed by atoms with E-state index in [-0.39, 0.29) is 22.7 Å². The van der Waals surface area contributed by atoms with Crippen LogP contribution in [0.2, 0.25) is 0 Å². The van der Waals surface area contributed by atoms with E-state index in [0.29, 0.717) is 0 Å². The molecule has 2 aromatic rings. The van der Waals surface area contributed by atoms with E-state index in [1.165, 1.54) is 16.9 Å². The van der Waals surface area contributed by atoms with Crippen molar-refractivity contribution in [3.8, 4) is 6.07 Å². The van der Waals surface area contributed by atoms with Crippen molar-refractivity contribution in [2.75, 3.05) is 6.61 Å². The molecule has 1 aliphatic heterocycles. The molecule has 2 aromatic heterocycles. The van der Waals surface area contributed by atoms with Crippen LogP contribution in [0, 0.1) is 16.7 Å². The molecule has 3 heterocycles. The third-order valence-corrected chi connectivity index (χ3v) is 3.60. The first kappa shape index (κ1) is 12.5. The lowest BCUT2D eigenvalue weighted by Gasteiger charge is -2.24. The lowest BCUT2D eigenvalue weighted by Crippen LogP contribution is -2.41. The van der Waals surface area contributed by atoms with Crippen molar-refractivity contribution >= 4 is 5.52 Å². The molecule has 1 aliphatic rings. The fourth-order valence-electron chi connectivity index (χ4n) is 2.51. The van der Waals surface area contributed by atoms with Crippen LogP contribution < -0.4 is 5.49 Å². The number of hydrogen-bond acceptors (Lipinski definition) is 7. The van der Waals surface area contributed by atoms with Gasteiger partial charge in [0.2, 0.25) is 5.60 Å². The molecule has 9 heteroatoms. The van der Waals surface area contributed by atoms with E-state index in [2.05, 4.69) is 10.1 Å². The quantitative estimate of drug-likeness (QED) is 0.431. The number of nitrogens with one attached hydrogen (secondary N) is 2. The Bertz CT molecular complexity index is 827. The first-order valence-corrected chi connectivity index (χ1v) is 6.13. The Morgan fingerprint density at radius 1 is 1.67 bits per heavy atom. The predicted octanol–water partition coefficient (Wildman–Crippen LogP) is -2.03. The van der Waals surface area contributed by atoms with E-state index in [0.717, 1.165) is 0 Å². The summed E-state index contributed by atoms with van der Waals surface area (Å²) >= 11 is 0. The number of H-pyrrole nitrogens is 1. The average Bonchev–Trinajstić information content (AvgIpc) is 2.98. The van der Waals surface area contributed by atoms with Crippen LogP contribution in [-0.4, -0.2) is 54.8 Å². The second-order valence-corrected chi connectivity index (χ2v) is 4.72. The van der Waals surface area contributed by atoms with Crippen molar-refractivity contribution in [1.29, 1.82) is 10.7 Å². The molecule has 5 N–H and O–H groups in total. The third kappa shape index (κ3) is 1.71. The highest BCUT2D eigenvalue weighted by molar-refractivity contribution is 5.48. The van der Waals surface area contributed by atoms with Gasteiger partial charge < -0.3 is 20.1 Å². The maximum Gasteiger partial charge on any atom is 0.225 e. The van der Waals surface area contributed by atoms with Crippen molar-refractivity contribution in [2.45, 2.75) is 23.9 Å². The maximum atomic E-state index is 10.2. The highest BCUT2D eigenvalue weighted by Gasteiger charge is 2.57. The molecule has 0 aromatic carbocycles. The number of hydrogen-bond donors (Lipinski definition) is 5. The van der Waals surface area contributed by atoms with Crippen LogP contribution in [0.25, 0.3) is 5.52 Å². The van der Waals surface area contributed by atoms with Crippen LogP contribution in [0.15, 0.2) is 18.4 Å². The molecule has 0 unspecified atom stereocenters. The van der Waals surface area contributed by atoms with E-state index < -0.39 is 30.5 Å². The average molecular weight is 292 g/mol. The second kappa shape index (κ2) is 4.64. The minimum atomic E-state index is -1.97. The predicted molar refractivity (Wildman–Crippen MR) is 66.7 cm³/mol. The van der Waals surface area contributed by atoms with Gasteiger partial charge in [-0.1, -0.05) is 0 Å². The van der Waals surface area contributed by atoms with E-state index in [9.17, 15) is 20.6 Å². The Labute approximate surface area is 119 Å². The summed E-state index contributed by atoms with van der Waals surface area (Å²) in [6, 6.07) is 2.98. The van der Waals surface area contributed by atoms with Gasteiger partial charge in [-0.2, -0.15) is 5.26 Å². The number of aromatic nitrogens is 3. The third-order valence-electron chi connectivity index (χ3n) is 3.60. The van der Waals surface area contributed by atoms with Gasteiger partial charge in [-0.15, -0.1) is 0 Å². The number of ether oxygens (including phenoxy) is 1. The molecule has 3 rings (SSSR count). The number of aromatic amines is 1. The van der Waals surface area contributed by atoms with E-state index in [4.69, 9.17) is 11.5 Å². The first-order chi connectivity index (χ1) is 10.5. The van der Waals surface area contributed by atoms with Crippen molar-refractivity contribution < 1.29 is 21.4 Å². The summed E-state index contributed by atoms with van der Waals surface area (Å²) in [7, 11) is 0. The fraction of sp³-hybridized carbons (Fsp3) is 0.417. The van der Waals surface area contributed by atoms with Gasteiger partial charge in [0, 0.05) is 0 Å². The smallest absolute Gasteiger partial charge is 0.225 e. The standard InChI is InChI=1S/C12H13N5O4/c13-4-12(10(20)9(19)7(3-18)21-12)8-2-1-6-11(14)15-5-16-17(6)8/h1-2,5,7,9-10,18-20H,3H2,(H2,14,15,16)/t7-,9-,10-,12+/m1/s1/i1D. The van der Waals surface area contributed by atoms with Crippen LogP contribution in [0.5, 0.6) is 0 Å². The van der Waals surface area contributed by atoms with Gasteiger partial charge in [0.1, 0.15) is 36.2 Å².